The molecule has 2 fully saturated rings. The number of anilines is 3. The molecule has 0 radical (unpaired) electrons. The van der Waals surface area contributed by atoms with Gasteiger partial charge in [-0.3, -0.25) is 9.36 Å². The number of carbonyl (C=O) groups excluding carboxylic acids is 1. The van der Waals surface area contributed by atoms with Gasteiger partial charge in [0.2, 0.25) is 17.8 Å². The second-order valence-electron chi connectivity index (χ2n) is 9.66. The standard InChI is InChI=1S/C24H28F3N7O.CH4/c1-12(2)29-23-28-11-19-21(33-23)34(16-7-3-13(4-8-16)22(35)30-15-5-6-15)24(31-19)32-20-17(26)9-14(25)10-18(20)27;/h9-13,15-16H,3-8H2,1-2H3,(H,30,35)(H,31,32)(H,28,29,33);1H4. The first-order valence-corrected chi connectivity index (χ1v) is 12.0. The van der Waals surface area contributed by atoms with E-state index in [1.54, 1.807) is 6.20 Å². The summed E-state index contributed by atoms with van der Waals surface area (Å²) in [7, 11) is 0. The molecule has 8 nitrogen and oxygen atoms in total. The van der Waals surface area contributed by atoms with Crippen molar-refractivity contribution in [3.63, 3.8) is 0 Å². The highest BCUT2D eigenvalue weighted by Gasteiger charge is 2.33. The van der Waals surface area contributed by atoms with Gasteiger partial charge in [-0.25, -0.2) is 23.1 Å². The molecule has 0 saturated heterocycles. The van der Waals surface area contributed by atoms with Gasteiger partial charge in [-0.2, -0.15) is 4.98 Å². The Morgan fingerprint density at radius 1 is 1.03 bits per heavy atom. The highest BCUT2D eigenvalue weighted by Crippen LogP contribution is 2.38. The quantitative estimate of drug-likeness (QED) is 0.397. The molecule has 1 amide bonds. The Morgan fingerprint density at radius 3 is 2.31 bits per heavy atom. The number of benzene rings is 1. The number of halogens is 3. The molecule has 11 heteroatoms. The molecule has 0 spiro atoms. The van der Waals surface area contributed by atoms with Crippen molar-refractivity contribution < 1.29 is 18.0 Å². The summed E-state index contributed by atoms with van der Waals surface area (Å²) in [6, 6.07) is 1.56. The van der Waals surface area contributed by atoms with Gasteiger partial charge in [0, 0.05) is 36.2 Å². The minimum absolute atomic E-state index is 0. The largest absolute Gasteiger partial charge is 0.353 e. The average Bonchev–Trinajstić information content (AvgIpc) is 3.54. The summed E-state index contributed by atoms with van der Waals surface area (Å²) in [5.41, 5.74) is 0.478. The van der Waals surface area contributed by atoms with Crippen LogP contribution in [0.4, 0.5) is 30.8 Å². The maximum absolute atomic E-state index is 14.4. The van der Waals surface area contributed by atoms with Crippen molar-refractivity contribution in [1.29, 1.82) is 0 Å². The minimum atomic E-state index is -1.06. The number of nitrogens with one attached hydrogen (secondary N) is 3. The summed E-state index contributed by atoms with van der Waals surface area (Å²) in [6.07, 6.45) is 6.36. The van der Waals surface area contributed by atoms with Crippen LogP contribution in [0.3, 0.4) is 0 Å². The number of imidazole rings is 1. The van der Waals surface area contributed by atoms with Crippen LogP contribution >= 0.6 is 0 Å². The zero-order chi connectivity index (χ0) is 24.7. The van der Waals surface area contributed by atoms with Crippen molar-refractivity contribution in [3.8, 4) is 0 Å². The van der Waals surface area contributed by atoms with E-state index < -0.39 is 23.1 Å². The fraction of sp³-hybridized carbons (Fsp3) is 0.520. The van der Waals surface area contributed by atoms with Gasteiger partial charge in [-0.15, -0.1) is 0 Å². The Morgan fingerprint density at radius 2 is 1.69 bits per heavy atom. The minimum Gasteiger partial charge on any atom is -0.353 e. The number of hydrogen-bond acceptors (Lipinski definition) is 6. The van der Waals surface area contributed by atoms with E-state index in [-0.39, 0.29) is 37.3 Å². The van der Waals surface area contributed by atoms with Crippen LogP contribution in [0.25, 0.3) is 11.2 Å². The lowest BCUT2D eigenvalue weighted by Gasteiger charge is -2.30. The Labute approximate surface area is 208 Å². The molecule has 1 aromatic carbocycles. The summed E-state index contributed by atoms with van der Waals surface area (Å²) in [4.78, 5) is 25.9. The molecule has 2 saturated carbocycles. The Bertz CT molecular complexity index is 1230. The maximum atomic E-state index is 14.4. The molecule has 3 aromatic rings. The molecule has 36 heavy (non-hydrogen) atoms. The predicted octanol–water partition coefficient (Wildman–Crippen LogP) is 5.45. The molecular weight excluding hydrogens is 471 g/mol. The first-order valence-electron chi connectivity index (χ1n) is 12.0. The summed E-state index contributed by atoms with van der Waals surface area (Å²) in [5, 5.41) is 8.95. The number of amides is 1. The van der Waals surface area contributed by atoms with Crippen LogP contribution in [0.1, 0.15) is 65.8 Å². The van der Waals surface area contributed by atoms with Gasteiger partial charge in [0.15, 0.2) is 17.3 Å². The van der Waals surface area contributed by atoms with Crippen LogP contribution in [0.5, 0.6) is 0 Å². The van der Waals surface area contributed by atoms with Crippen molar-refractivity contribution in [2.75, 3.05) is 10.6 Å². The predicted molar refractivity (Wildman–Crippen MR) is 133 cm³/mol. The number of aromatic nitrogens is 4. The second-order valence-corrected chi connectivity index (χ2v) is 9.66. The Hall–Kier alpha value is -3.37. The topological polar surface area (TPSA) is 96.8 Å². The third kappa shape index (κ3) is 5.39. The average molecular weight is 504 g/mol. The molecule has 2 heterocycles. The van der Waals surface area contributed by atoms with Crippen LogP contribution in [0, 0.1) is 23.4 Å². The van der Waals surface area contributed by atoms with Gasteiger partial charge < -0.3 is 16.0 Å². The highest BCUT2D eigenvalue weighted by atomic mass is 19.1. The summed E-state index contributed by atoms with van der Waals surface area (Å²) in [5.74, 6) is -2.48. The molecule has 5 rings (SSSR count). The summed E-state index contributed by atoms with van der Waals surface area (Å²) < 4.78 is 44.1. The molecule has 0 bridgehead atoms. The van der Waals surface area contributed by atoms with Gasteiger partial charge in [0.25, 0.3) is 0 Å². The van der Waals surface area contributed by atoms with Crippen molar-refractivity contribution in [2.45, 2.75) is 77.9 Å². The molecule has 194 valence electrons. The molecule has 2 aliphatic rings. The molecule has 0 aliphatic heterocycles. The Kier molecular flexibility index (Phi) is 7.37. The van der Waals surface area contributed by atoms with Gasteiger partial charge in [-0.1, -0.05) is 7.43 Å². The van der Waals surface area contributed by atoms with Crippen LogP contribution in [-0.2, 0) is 4.79 Å². The summed E-state index contributed by atoms with van der Waals surface area (Å²) in [6.45, 7) is 3.93. The molecule has 2 aromatic heterocycles. The highest BCUT2D eigenvalue weighted by molar-refractivity contribution is 5.79. The lowest BCUT2D eigenvalue weighted by Crippen LogP contribution is -2.35. The summed E-state index contributed by atoms with van der Waals surface area (Å²) >= 11 is 0. The molecular formula is C25H32F3N7O. The first-order chi connectivity index (χ1) is 16.8. The van der Waals surface area contributed by atoms with Crippen LogP contribution in [0.2, 0.25) is 0 Å². The number of nitrogens with zero attached hydrogens (tertiary/aromatic N) is 4. The molecule has 2 aliphatic carbocycles. The van der Waals surface area contributed by atoms with E-state index in [9.17, 15) is 18.0 Å². The van der Waals surface area contributed by atoms with E-state index in [1.807, 2.05) is 18.4 Å². The van der Waals surface area contributed by atoms with Crippen molar-refractivity contribution in [1.82, 2.24) is 24.8 Å². The molecule has 3 N–H and O–H groups in total. The van der Waals surface area contributed by atoms with Gasteiger partial charge >= 0.3 is 0 Å². The smallest absolute Gasteiger partial charge is 0.224 e. The van der Waals surface area contributed by atoms with E-state index in [1.165, 1.54) is 0 Å². The normalized spacial score (nSPS) is 19.7. The van der Waals surface area contributed by atoms with Crippen molar-refractivity contribution in [3.05, 3.63) is 35.8 Å². The van der Waals surface area contributed by atoms with Crippen LogP contribution in [-0.4, -0.2) is 37.5 Å². The maximum Gasteiger partial charge on any atom is 0.224 e. The second kappa shape index (κ2) is 10.3. The lowest BCUT2D eigenvalue weighted by atomic mass is 9.85. The van der Waals surface area contributed by atoms with E-state index in [0.29, 0.717) is 61.0 Å². The van der Waals surface area contributed by atoms with Crippen molar-refractivity contribution in [2.24, 2.45) is 5.92 Å². The first kappa shape index (κ1) is 25.7. The van der Waals surface area contributed by atoms with Gasteiger partial charge in [-0.05, 0) is 52.4 Å². The number of hydrogen-bond donors (Lipinski definition) is 3. The van der Waals surface area contributed by atoms with Crippen LogP contribution in [0.15, 0.2) is 18.3 Å². The van der Waals surface area contributed by atoms with E-state index in [4.69, 9.17) is 0 Å². The van der Waals surface area contributed by atoms with E-state index in [2.05, 4.69) is 30.9 Å². The lowest BCUT2D eigenvalue weighted by molar-refractivity contribution is -0.126. The fourth-order valence-electron chi connectivity index (χ4n) is 4.57. The number of carbonyl (C=O) groups is 1. The van der Waals surface area contributed by atoms with Crippen molar-refractivity contribution >= 4 is 34.7 Å². The monoisotopic (exact) mass is 503 g/mol. The third-order valence-corrected chi connectivity index (χ3v) is 6.45. The molecule has 0 atom stereocenters. The number of fused-ring (bicyclic) bond motifs is 1. The molecule has 0 unspecified atom stereocenters. The fourth-order valence-corrected chi connectivity index (χ4v) is 4.57. The van der Waals surface area contributed by atoms with Gasteiger partial charge in [0.1, 0.15) is 17.0 Å². The van der Waals surface area contributed by atoms with E-state index >= 15 is 0 Å². The third-order valence-electron chi connectivity index (χ3n) is 6.45. The Balaban J connectivity index is 0.00000304. The van der Waals surface area contributed by atoms with Gasteiger partial charge in [0.05, 0.1) is 6.20 Å². The SMILES string of the molecule is C.CC(C)Nc1ncc2nc(Nc3c(F)cc(F)cc3F)n(C3CCC(C(=O)NC4CC4)CC3)c2n1. The van der Waals surface area contributed by atoms with Crippen LogP contribution < -0.4 is 16.0 Å². The van der Waals surface area contributed by atoms with E-state index in [0.717, 1.165) is 12.8 Å². The zero-order valence-electron chi connectivity index (χ0n) is 19.6. The number of rotatable bonds is 7. The zero-order valence-corrected chi connectivity index (χ0v) is 19.6.